The lowest BCUT2D eigenvalue weighted by Crippen LogP contribution is -2.10. The molecule has 1 saturated carbocycles. The molecule has 2 N–H and O–H groups in total. The number of carbonyl (C=O) groups excluding carboxylic acids is 1. The smallest absolute Gasteiger partial charge is 0.423 e. The molecule has 1 aromatic rings. The number of phenolic OH excluding ortho intramolecular Hbond substituents is 2. The largest absolute Gasteiger partial charge is 0.507 e. The van der Waals surface area contributed by atoms with Gasteiger partial charge in [0.1, 0.15) is 17.1 Å². The van der Waals surface area contributed by atoms with Crippen molar-refractivity contribution < 1.29 is 28.2 Å². The molecule has 1 aliphatic rings. The Bertz CT molecular complexity index is 476. The van der Waals surface area contributed by atoms with E-state index in [1.165, 1.54) is 0 Å². The van der Waals surface area contributed by atoms with E-state index in [4.69, 9.17) is 5.11 Å². The molecule has 0 radical (unpaired) electrons. The average Bonchev–Trinajstić information content (AvgIpc) is 2.97. The summed E-state index contributed by atoms with van der Waals surface area (Å²) in [5, 5.41) is 18.5. The van der Waals surface area contributed by atoms with Gasteiger partial charge in [-0.3, -0.25) is 4.79 Å². The van der Waals surface area contributed by atoms with Crippen molar-refractivity contribution in [1.29, 1.82) is 0 Å². The van der Waals surface area contributed by atoms with Crippen molar-refractivity contribution in [2.75, 3.05) is 0 Å². The maximum absolute atomic E-state index is 12.5. The van der Waals surface area contributed by atoms with Crippen molar-refractivity contribution >= 4 is 5.78 Å². The maximum atomic E-state index is 12.5. The van der Waals surface area contributed by atoms with Crippen LogP contribution in [0.1, 0.15) is 28.8 Å². The number of alkyl halides is 3. The summed E-state index contributed by atoms with van der Waals surface area (Å²) < 4.78 is 37.6. The predicted octanol–water partition coefficient (Wildman–Crippen LogP) is 2.71. The van der Waals surface area contributed by atoms with E-state index in [1.54, 1.807) is 0 Å². The summed E-state index contributed by atoms with van der Waals surface area (Å²) in [7, 11) is 0. The molecule has 0 aliphatic heterocycles. The highest BCUT2D eigenvalue weighted by atomic mass is 19.4. The van der Waals surface area contributed by atoms with Crippen LogP contribution in [0.3, 0.4) is 0 Å². The van der Waals surface area contributed by atoms with Crippen LogP contribution in [0.2, 0.25) is 0 Å². The number of Topliss-reactive ketones (excluding diaryl/α,β-unsaturated/α-hetero) is 1. The van der Waals surface area contributed by atoms with Crippen molar-refractivity contribution in [1.82, 2.24) is 0 Å². The predicted molar refractivity (Wildman–Crippen MR) is 51.8 cm³/mol. The number of hydrogen-bond acceptors (Lipinski definition) is 3. The molecule has 0 spiro atoms. The highest BCUT2D eigenvalue weighted by molar-refractivity contribution is 6.02. The molecule has 2 rings (SSSR count). The lowest BCUT2D eigenvalue weighted by molar-refractivity contribution is -0.140. The first-order valence-corrected chi connectivity index (χ1v) is 4.98. The first-order chi connectivity index (χ1) is 7.82. The summed E-state index contributed by atoms with van der Waals surface area (Å²) in [5.74, 6) is -3.07. The number of halogens is 3. The standard InChI is InChI=1S/C11H9F3O3/c12-11(13,14)8-7(15)4-3-6(10(8)17)9(16)5-1-2-5/h3-5,15,17H,1-2H2. The number of aromatic hydroxyl groups is 2. The lowest BCUT2D eigenvalue weighted by Gasteiger charge is -2.13. The van der Waals surface area contributed by atoms with Gasteiger partial charge >= 0.3 is 6.18 Å². The van der Waals surface area contributed by atoms with Gasteiger partial charge in [0.15, 0.2) is 5.78 Å². The van der Waals surface area contributed by atoms with Crippen LogP contribution in [0.15, 0.2) is 12.1 Å². The molecule has 0 bridgehead atoms. The van der Waals surface area contributed by atoms with E-state index in [2.05, 4.69) is 0 Å². The summed E-state index contributed by atoms with van der Waals surface area (Å²) in [6, 6.07) is 1.79. The van der Waals surface area contributed by atoms with E-state index in [0.717, 1.165) is 12.1 Å². The Morgan fingerprint density at radius 1 is 1.24 bits per heavy atom. The van der Waals surface area contributed by atoms with Gasteiger partial charge in [-0.2, -0.15) is 13.2 Å². The molecule has 92 valence electrons. The van der Waals surface area contributed by atoms with Gasteiger partial charge in [0.2, 0.25) is 0 Å². The van der Waals surface area contributed by atoms with Gasteiger partial charge < -0.3 is 10.2 Å². The molecule has 0 saturated heterocycles. The second kappa shape index (κ2) is 3.65. The summed E-state index contributed by atoms with van der Waals surface area (Å²) in [6.45, 7) is 0. The number of phenols is 2. The minimum absolute atomic E-state index is 0.300. The van der Waals surface area contributed by atoms with Crippen LogP contribution < -0.4 is 0 Å². The molecule has 17 heavy (non-hydrogen) atoms. The van der Waals surface area contributed by atoms with Crippen LogP contribution in [-0.4, -0.2) is 16.0 Å². The van der Waals surface area contributed by atoms with Gasteiger partial charge in [0.25, 0.3) is 0 Å². The van der Waals surface area contributed by atoms with E-state index in [0.29, 0.717) is 12.8 Å². The minimum Gasteiger partial charge on any atom is -0.507 e. The molecule has 1 fully saturated rings. The zero-order valence-electron chi connectivity index (χ0n) is 8.58. The molecule has 6 heteroatoms. The van der Waals surface area contributed by atoms with Crippen LogP contribution in [0.5, 0.6) is 11.5 Å². The van der Waals surface area contributed by atoms with Crippen molar-refractivity contribution in [3.05, 3.63) is 23.3 Å². The molecule has 0 amide bonds. The topological polar surface area (TPSA) is 57.5 Å². The number of ketones is 1. The van der Waals surface area contributed by atoms with Gasteiger partial charge in [-0.15, -0.1) is 0 Å². The molecular formula is C11H9F3O3. The lowest BCUT2D eigenvalue weighted by atomic mass is 10.0. The van der Waals surface area contributed by atoms with Crippen LogP contribution in [0.4, 0.5) is 13.2 Å². The molecule has 0 unspecified atom stereocenters. The summed E-state index contributed by atoms with van der Waals surface area (Å²) >= 11 is 0. The summed E-state index contributed by atoms with van der Waals surface area (Å²) in [4.78, 5) is 11.6. The second-order valence-electron chi connectivity index (χ2n) is 3.99. The third-order valence-electron chi connectivity index (χ3n) is 2.65. The Labute approximate surface area is 94.5 Å². The van der Waals surface area contributed by atoms with Crippen LogP contribution in [0.25, 0.3) is 0 Å². The number of benzene rings is 1. The van der Waals surface area contributed by atoms with Gasteiger partial charge in [0.05, 0.1) is 5.56 Å². The van der Waals surface area contributed by atoms with Crippen LogP contribution in [0, 0.1) is 5.92 Å². The monoisotopic (exact) mass is 246 g/mol. The average molecular weight is 246 g/mol. The molecule has 1 aromatic carbocycles. The van der Waals surface area contributed by atoms with Gasteiger partial charge in [-0.1, -0.05) is 0 Å². The number of hydrogen-bond donors (Lipinski definition) is 2. The summed E-state index contributed by atoms with van der Waals surface area (Å²) in [5.41, 5.74) is -1.93. The number of rotatable bonds is 2. The Kier molecular flexibility index (Phi) is 2.52. The minimum atomic E-state index is -4.89. The Hall–Kier alpha value is -1.72. The fourth-order valence-electron chi connectivity index (χ4n) is 1.62. The number of carbonyl (C=O) groups is 1. The Morgan fingerprint density at radius 3 is 2.29 bits per heavy atom. The van der Waals surface area contributed by atoms with Crippen molar-refractivity contribution in [2.24, 2.45) is 5.92 Å². The molecule has 0 atom stereocenters. The maximum Gasteiger partial charge on any atom is 0.423 e. The third-order valence-corrected chi connectivity index (χ3v) is 2.65. The van der Waals surface area contributed by atoms with Crippen LogP contribution in [-0.2, 0) is 6.18 Å². The quantitative estimate of drug-likeness (QED) is 0.789. The van der Waals surface area contributed by atoms with Gasteiger partial charge in [0, 0.05) is 5.92 Å². The fourth-order valence-corrected chi connectivity index (χ4v) is 1.62. The van der Waals surface area contributed by atoms with E-state index in [1.807, 2.05) is 0 Å². The zero-order chi connectivity index (χ0) is 12.8. The Morgan fingerprint density at radius 2 is 1.82 bits per heavy atom. The van der Waals surface area contributed by atoms with E-state index < -0.39 is 29.0 Å². The van der Waals surface area contributed by atoms with Gasteiger partial charge in [-0.05, 0) is 25.0 Å². The Balaban J connectivity index is 2.53. The molecule has 3 nitrogen and oxygen atoms in total. The first-order valence-electron chi connectivity index (χ1n) is 4.98. The van der Waals surface area contributed by atoms with Crippen LogP contribution >= 0.6 is 0 Å². The molecule has 1 aliphatic carbocycles. The van der Waals surface area contributed by atoms with Gasteiger partial charge in [-0.25, -0.2) is 0 Å². The SMILES string of the molecule is O=C(c1ccc(O)c(C(F)(F)F)c1O)C1CC1. The highest BCUT2D eigenvalue weighted by Crippen LogP contribution is 2.45. The zero-order valence-corrected chi connectivity index (χ0v) is 8.58. The molecular weight excluding hydrogens is 237 g/mol. The third kappa shape index (κ3) is 2.07. The van der Waals surface area contributed by atoms with Crippen molar-refractivity contribution in [3.63, 3.8) is 0 Å². The highest BCUT2D eigenvalue weighted by Gasteiger charge is 2.40. The second-order valence-corrected chi connectivity index (χ2v) is 3.99. The van der Waals surface area contributed by atoms with Crippen molar-refractivity contribution in [2.45, 2.75) is 19.0 Å². The fraction of sp³-hybridized carbons (Fsp3) is 0.364. The van der Waals surface area contributed by atoms with Crippen molar-refractivity contribution in [3.8, 4) is 11.5 Å². The van der Waals surface area contributed by atoms with E-state index in [-0.39, 0.29) is 11.5 Å². The van der Waals surface area contributed by atoms with E-state index >= 15 is 0 Å². The normalized spacial score (nSPS) is 15.9. The first kappa shape index (κ1) is 11.8. The molecule has 0 heterocycles. The van der Waals surface area contributed by atoms with E-state index in [9.17, 15) is 23.1 Å². The molecule has 0 aromatic heterocycles. The summed E-state index contributed by atoms with van der Waals surface area (Å²) in [6.07, 6.45) is -3.64.